The Morgan fingerprint density at radius 1 is 1.07 bits per heavy atom. The van der Waals surface area contributed by atoms with Crippen LogP contribution in [-0.4, -0.2) is 35.5 Å². The van der Waals surface area contributed by atoms with Crippen LogP contribution in [0.25, 0.3) is 0 Å². The van der Waals surface area contributed by atoms with Crippen molar-refractivity contribution in [1.82, 2.24) is 5.01 Å². The third kappa shape index (κ3) is 3.04. The van der Waals surface area contributed by atoms with E-state index in [0.29, 0.717) is 29.6 Å². The zero-order valence-electron chi connectivity index (χ0n) is 14.6. The van der Waals surface area contributed by atoms with Crippen molar-refractivity contribution in [2.45, 2.75) is 25.6 Å². The van der Waals surface area contributed by atoms with Crippen molar-refractivity contribution in [1.29, 1.82) is 0 Å². The average Bonchev–Trinajstić information content (AvgIpc) is 3.19. The summed E-state index contributed by atoms with van der Waals surface area (Å²) in [5, 5.41) is 10.2. The maximum absolute atomic E-state index is 13.0. The van der Waals surface area contributed by atoms with E-state index in [2.05, 4.69) is 10.3 Å². The number of carbonyl (C=O) groups is 2. The van der Waals surface area contributed by atoms with E-state index >= 15 is 0 Å². The molecule has 0 saturated carbocycles. The molecule has 1 saturated heterocycles. The van der Waals surface area contributed by atoms with Gasteiger partial charge in [0.15, 0.2) is 12.1 Å². The van der Waals surface area contributed by atoms with Gasteiger partial charge in [-0.3, -0.25) is 14.6 Å². The van der Waals surface area contributed by atoms with E-state index in [9.17, 15) is 9.59 Å². The second kappa shape index (κ2) is 7.00. The molecular weight excluding hydrogens is 368 g/mol. The molecular formula is C19H17ClN4O3. The molecule has 0 aliphatic carbocycles. The molecule has 2 aliphatic rings. The first kappa shape index (κ1) is 17.5. The molecule has 0 spiro atoms. The Morgan fingerprint density at radius 3 is 2.52 bits per heavy atom. The van der Waals surface area contributed by atoms with E-state index in [1.807, 2.05) is 25.1 Å². The number of amides is 2. The van der Waals surface area contributed by atoms with Gasteiger partial charge in [-0.15, -0.1) is 0 Å². The Labute approximate surface area is 161 Å². The van der Waals surface area contributed by atoms with Crippen molar-refractivity contribution in [2.75, 3.05) is 11.5 Å². The first-order valence-corrected chi connectivity index (χ1v) is 8.99. The van der Waals surface area contributed by atoms with Crippen LogP contribution in [0.4, 0.5) is 5.69 Å². The van der Waals surface area contributed by atoms with Gasteiger partial charge in [0, 0.05) is 5.02 Å². The van der Waals surface area contributed by atoms with Crippen molar-refractivity contribution in [3.05, 3.63) is 59.1 Å². The summed E-state index contributed by atoms with van der Waals surface area (Å²) in [6.07, 6.45) is 0. The SMILES string of the molecule is CCOc1ccc(N2C(=O)[C@H]3N=NN(Cc4ccccc4Cl)[C@H]3C2=O)cc1. The molecule has 0 aromatic heterocycles. The highest BCUT2D eigenvalue weighted by molar-refractivity contribution is 6.31. The fourth-order valence-electron chi connectivity index (χ4n) is 3.27. The number of halogens is 1. The van der Waals surface area contributed by atoms with E-state index in [1.165, 1.54) is 9.91 Å². The van der Waals surface area contributed by atoms with Crippen LogP contribution in [0, 0.1) is 0 Å². The zero-order chi connectivity index (χ0) is 19.0. The van der Waals surface area contributed by atoms with Crippen LogP contribution in [0.1, 0.15) is 12.5 Å². The van der Waals surface area contributed by atoms with Gasteiger partial charge in [-0.25, -0.2) is 4.90 Å². The van der Waals surface area contributed by atoms with Crippen molar-refractivity contribution in [2.24, 2.45) is 10.3 Å². The van der Waals surface area contributed by atoms with Gasteiger partial charge in [-0.1, -0.05) is 35.0 Å². The lowest BCUT2D eigenvalue weighted by molar-refractivity contribution is -0.123. The molecule has 0 radical (unpaired) electrons. The summed E-state index contributed by atoms with van der Waals surface area (Å²) in [5.41, 5.74) is 1.31. The van der Waals surface area contributed by atoms with Gasteiger partial charge in [0.2, 0.25) is 0 Å². The van der Waals surface area contributed by atoms with Crippen molar-refractivity contribution in [3.8, 4) is 5.75 Å². The summed E-state index contributed by atoms with van der Waals surface area (Å²) >= 11 is 6.20. The molecule has 2 aromatic carbocycles. The Bertz CT molecular complexity index is 915. The van der Waals surface area contributed by atoms with Gasteiger partial charge in [0.25, 0.3) is 11.8 Å². The predicted molar refractivity (Wildman–Crippen MR) is 99.5 cm³/mol. The maximum atomic E-state index is 13.0. The Balaban J connectivity index is 1.57. The lowest BCUT2D eigenvalue weighted by Crippen LogP contribution is -2.39. The van der Waals surface area contributed by atoms with Crippen LogP contribution in [0.5, 0.6) is 5.75 Å². The largest absolute Gasteiger partial charge is 0.494 e. The molecule has 7 nitrogen and oxygen atoms in total. The quantitative estimate of drug-likeness (QED) is 0.742. The molecule has 0 bridgehead atoms. The minimum Gasteiger partial charge on any atom is -0.494 e. The van der Waals surface area contributed by atoms with Crippen LogP contribution in [0.3, 0.4) is 0 Å². The van der Waals surface area contributed by atoms with Crippen molar-refractivity contribution in [3.63, 3.8) is 0 Å². The van der Waals surface area contributed by atoms with Crippen LogP contribution in [-0.2, 0) is 16.1 Å². The maximum Gasteiger partial charge on any atom is 0.263 e. The number of nitrogens with zero attached hydrogens (tertiary/aromatic N) is 4. The lowest BCUT2D eigenvalue weighted by Gasteiger charge is -2.21. The molecule has 2 atom stereocenters. The highest BCUT2D eigenvalue weighted by Gasteiger charge is 2.54. The second-order valence-electron chi connectivity index (χ2n) is 6.22. The number of hydrogen-bond donors (Lipinski definition) is 0. The fourth-order valence-corrected chi connectivity index (χ4v) is 3.46. The Hall–Kier alpha value is -2.93. The first-order chi connectivity index (χ1) is 13.1. The molecule has 0 unspecified atom stereocenters. The minimum absolute atomic E-state index is 0.306. The number of fused-ring (bicyclic) bond motifs is 1. The Morgan fingerprint density at radius 2 is 1.81 bits per heavy atom. The van der Waals surface area contributed by atoms with Crippen LogP contribution in [0.15, 0.2) is 58.9 Å². The molecule has 8 heteroatoms. The number of rotatable bonds is 5. The molecule has 2 aliphatic heterocycles. The smallest absolute Gasteiger partial charge is 0.263 e. The molecule has 2 amide bonds. The molecule has 4 rings (SSSR count). The number of imide groups is 1. The van der Waals surface area contributed by atoms with E-state index in [4.69, 9.17) is 16.3 Å². The van der Waals surface area contributed by atoms with Crippen molar-refractivity contribution < 1.29 is 14.3 Å². The van der Waals surface area contributed by atoms with Gasteiger partial charge in [-0.2, -0.15) is 5.11 Å². The second-order valence-corrected chi connectivity index (χ2v) is 6.63. The van der Waals surface area contributed by atoms with Gasteiger partial charge in [0.1, 0.15) is 5.75 Å². The highest BCUT2D eigenvalue weighted by atomic mass is 35.5. The van der Waals surface area contributed by atoms with Gasteiger partial charge >= 0.3 is 0 Å². The van der Waals surface area contributed by atoms with Gasteiger partial charge < -0.3 is 4.74 Å². The summed E-state index contributed by atoms with van der Waals surface area (Å²) in [6, 6.07) is 12.6. The molecule has 2 heterocycles. The monoisotopic (exact) mass is 384 g/mol. The summed E-state index contributed by atoms with van der Waals surface area (Å²) in [6.45, 7) is 2.74. The number of hydrogen-bond acceptors (Lipinski definition) is 6. The lowest BCUT2D eigenvalue weighted by atomic mass is 10.1. The van der Waals surface area contributed by atoms with Gasteiger partial charge in [0.05, 0.1) is 18.8 Å². The summed E-state index contributed by atoms with van der Waals surface area (Å²) < 4.78 is 5.40. The van der Waals surface area contributed by atoms with E-state index in [-0.39, 0.29) is 11.8 Å². The number of anilines is 1. The van der Waals surface area contributed by atoms with E-state index in [1.54, 1.807) is 30.3 Å². The fraction of sp³-hybridized carbons (Fsp3) is 0.263. The van der Waals surface area contributed by atoms with E-state index < -0.39 is 12.1 Å². The third-order valence-corrected chi connectivity index (χ3v) is 4.92. The third-order valence-electron chi connectivity index (χ3n) is 4.55. The highest BCUT2D eigenvalue weighted by Crippen LogP contribution is 2.34. The number of carbonyl (C=O) groups excluding carboxylic acids is 2. The topological polar surface area (TPSA) is 74.6 Å². The molecule has 1 fully saturated rings. The summed E-state index contributed by atoms with van der Waals surface area (Å²) in [5.74, 6) is -0.0358. The standard InChI is InChI=1S/C19H17ClN4O3/c1-2-27-14-9-7-13(8-10-14)24-18(25)16-17(19(24)26)23(22-21-16)11-12-5-3-4-6-15(12)20/h3-10,16-17H,2,11H2,1H3/t16-,17+/m0/s1. The van der Waals surface area contributed by atoms with E-state index in [0.717, 1.165) is 5.56 Å². The zero-order valence-corrected chi connectivity index (χ0v) is 15.3. The first-order valence-electron chi connectivity index (χ1n) is 8.61. The normalized spacial score (nSPS) is 21.1. The molecule has 27 heavy (non-hydrogen) atoms. The number of ether oxygens (including phenoxy) is 1. The summed E-state index contributed by atoms with van der Waals surface area (Å²) in [4.78, 5) is 26.9. The van der Waals surface area contributed by atoms with Crippen molar-refractivity contribution >= 4 is 29.1 Å². The van der Waals surface area contributed by atoms with Crippen LogP contribution < -0.4 is 9.64 Å². The average molecular weight is 385 g/mol. The molecule has 2 aromatic rings. The molecule has 138 valence electrons. The molecule has 0 N–H and O–H groups in total. The predicted octanol–water partition coefficient (Wildman–Crippen LogP) is 3.23. The van der Waals surface area contributed by atoms with Crippen LogP contribution in [0.2, 0.25) is 5.02 Å². The number of benzene rings is 2. The van der Waals surface area contributed by atoms with Gasteiger partial charge in [-0.05, 0) is 42.8 Å². The van der Waals surface area contributed by atoms with Crippen LogP contribution >= 0.6 is 11.6 Å². The summed E-state index contributed by atoms with van der Waals surface area (Å²) in [7, 11) is 0. The minimum atomic E-state index is -0.827. The Kier molecular flexibility index (Phi) is 4.53.